The lowest BCUT2D eigenvalue weighted by Crippen LogP contribution is -2.59. The maximum atomic E-state index is 14.5. The monoisotopic (exact) mass is 592 g/mol. The zero-order valence-electron chi connectivity index (χ0n) is 25.3. The summed E-state index contributed by atoms with van der Waals surface area (Å²) in [6, 6.07) is 5.36. The molecule has 4 aliphatic carbocycles. The van der Waals surface area contributed by atoms with E-state index in [0.717, 1.165) is 43.2 Å². The number of amides is 4. The third kappa shape index (κ3) is 5.77. The molecule has 1 aromatic carbocycles. The first kappa shape index (κ1) is 29.6. The molecule has 4 fully saturated rings. The highest BCUT2D eigenvalue weighted by Gasteiger charge is 2.70. The van der Waals surface area contributed by atoms with Crippen LogP contribution in [0.5, 0.6) is 0 Å². The first-order valence-electron chi connectivity index (χ1n) is 15.9. The van der Waals surface area contributed by atoms with Crippen LogP contribution in [0.1, 0.15) is 70.4 Å². The molecule has 1 aliphatic heterocycles. The lowest BCUT2D eigenvalue weighted by Gasteiger charge is -2.35. The van der Waals surface area contributed by atoms with Gasteiger partial charge in [0.15, 0.2) is 0 Å². The summed E-state index contributed by atoms with van der Waals surface area (Å²) in [5, 5.41) is 5.75. The van der Waals surface area contributed by atoms with Gasteiger partial charge in [-0.3, -0.25) is 19.2 Å². The fraction of sp³-hybridized carbons (Fsp3) is 0.667. The van der Waals surface area contributed by atoms with Gasteiger partial charge < -0.3 is 26.0 Å². The molecule has 1 heterocycles. The number of rotatable bonds is 10. The van der Waals surface area contributed by atoms with E-state index < -0.39 is 41.8 Å². The second-order valence-electron chi connectivity index (χ2n) is 14.3. The van der Waals surface area contributed by atoms with Crippen molar-refractivity contribution in [2.45, 2.75) is 96.4 Å². The Morgan fingerprint density at radius 2 is 1.70 bits per heavy atom. The Kier molecular flexibility index (Phi) is 7.75. The molecule has 3 saturated carbocycles. The van der Waals surface area contributed by atoms with Crippen LogP contribution in [0.2, 0.25) is 0 Å². The fourth-order valence-corrected chi connectivity index (χ4v) is 8.13. The molecule has 43 heavy (non-hydrogen) atoms. The van der Waals surface area contributed by atoms with Crippen molar-refractivity contribution >= 4 is 29.6 Å². The second-order valence-corrected chi connectivity index (χ2v) is 14.3. The highest BCUT2D eigenvalue weighted by molar-refractivity contribution is 6.37. The van der Waals surface area contributed by atoms with Gasteiger partial charge in [-0.1, -0.05) is 57.9 Å². The summed E-state index contributed by atoms with van der Waals surface area (Å²) < 4.78 is 5.80. The van der Waals surface area contributed by atoms with Gasteiger partial charge in [0.05, 0.1) is 6.04 Å². The minimum Gasteiger partial charge on any atom is -0.446 e. The second kappa shape index (κ2) is 11.2. The van der Waals surface area contributed by atoms with Crippen molar-refractivity contribution in [1.29, 1.82) is 0 Å². The van der Waals surface area contributed by atoms with E-state index in [4.69, 9.17) is 10.5 Å². The number of hydrogen-bond donors (Lipinski definition) is 3. The number of primary amides is 1. The smallest absolute Gasteiger partial charge is 0.408 e. The normalized spacial score (nSPS) is 30.1. The average Bonchev–Trinajstić information content (AvgIpc) is 3.60. The Bertz CT molecular complexity index is 1300. The van der Waals surface area contributed by atoms with Gasteiger partial charge in [-0.25, -0.2) is 4.79 Å². The van der Waals surface area contributed by atoms with E-state index in [0.29, 0.717) is 25.8 Å². The standard InChI is InChI=1S/C33H44N4O6/c1-17-7-6-10-24(17)43-32(42)36-26(21-14-19-8-4-5-9-20(19)15-21)31(41)37-16-22-25(33(22,2)3)27(37)30(40)35-23(13-18-11-12-18)28(38)29(34)39/h4-5,8-9,17-18,21-27H,6-7,10-16H2,1-3H3,(H2,34,39)(H,35,40)(H,36,42)/t17?,22?,23?,24?,25-,26-,27-/m0/s1. The van der Waals surface area contributed by atoms with E-state index in [-0.39, 0.29) is 47.0 Å². The number of Topliss-reactive ketones (excluding diaryl/α,β-unsaturated/α-hetero) is 1. The number of carbonyl (C=O) groups excluding carboxylic acids is 5. The molecular weight excluding hydrogens is 548 g/mol. The molecule has 7 atom stereocenters. The van der Waals surface area contributed by atoms with Gasteiger partial charge in [0.2, 0.25) is 17.6 Å². The summed E-state index contributed by atoms with van der Waals surface area (Å²) in [5.41, 5.74) is 7.47. The fourth-order valence-electron chi connectivity index (χ4n) is 8.13. The maximum absolute atomic E-state index is 14.5. The van der Waals surface area contributed by atoms with Gasteiger partial charge >= 0.3 is 6.09 Å². The summed E-state index contributed by atoms with van der Waals surface area (Å²) in [7, 11) is 0. The summed E-state index contributed by atoms with van der Waals surface area (Å²) >= 11 is 0. The summed E-state index contributed by atoms with van der Waals surface area (Å²) in [6.07, 6.45) is 5.54. The van der Waals surface area contributed by atoms with E-state index in [1.165, 1.54) is 0 Å². The summed E-state index contributed by atoms with van der Waals surface area (Å²) in [5.74, 6) is -2.26. The van der Waals surface area contributed by atoms with Crippen LogP contribution < -0.4 is 16.4 Å². The molecule has 1 saturated heterocycles. The first-order chi connectivity index (χ1) is 20.5. The van der Waals surface area contributed by atoms with Gasteiger partial charge in [0.1, 0.15) is 18.2 Å². The van der Waals surface area contributed by atoms with Crippen LogP contribution in [-0.4, -0.2) is 65.3 Å². The molecule has 4 N–H and O–H groups in total. The number of nitrogens with one attached hydrogen (secondary N) is 2. The maximum Gasteiger partial charge on any atom is 0.408 e. The Balaban J connectivity index is 1.24. The number of nitrogens with two attached hydrogens (primary N) is 1. The van der Waals surface area contributed by atoms with Crippen LogP contribution in [0.25, 0.3) is 0 Å². The Morgan fingerprint density at radius 3 is 2.28 bits per heavy atom. The number of likely N-dealkylation sites (tertiary alicyclic amines) is 1. The third-order valence-corrected chi connectivity index (χ3v) is 11.0. The van der Waals surface area contributed by atoms with Gasteiger partial charge in [-0.05, 0) is 84.7 Å². The van der Waals surface area contributed by atoms with Crippen molar-refractivity contribution in [2.75, 3.05) is 6.54 Å². The number of alkyl carbamates (subject to hydrolysis) is 1. The van der Waals surface area contributed by atoms with Crippen LogP contribution >= 0.6 is 0 Å². The van der Waals surface area contributed by atoms with E-state index >= 15 is 0 Å². The topological polar surface area (TPSA) is 148 Å². The first-order valence-corrected chi connectivity index (χ1v) is 15.9. The van der Waals surface area contributed by atoms with Crippen molar-refractivity contribution in [3.05, 3.63) is 35.4 Å². The average molecular weight is 593 g/mol. The molecule has 6 rings (SSSR count). The number of hydrogen-bond acceptors (Lipinski definition) is 6. The zero-order chi connectivity index (χ0) is 30.6. The van der Waals surface area contributed by atoms with Crippen molar-refractivity contribution in [3.8, 4) is 0 Å². The lowest BCUT2D eigenvalue weighted by molar-refractivity contribution is -0.144. The predicted molar refractivity (Wildman–Crippen MR) is 157 cm³/mol. The number of fused-ring (bicyclic) bond motifs is 2. The van der Waals surface area contributed by atoms with Gasteiger partial charge in [0.25, 0.3) is 5.91 Å². The number of ketones is 1. The molecule has 10 heteroatoms. The molecule has 0 radical (unpaired) electrons. The van der Waals surface area contributed by atoms with Crippen molar-refractivity contribution in [2.24, 2.45) is 40.7 Å². The van der Waals surface area contributed by atoms with Gasteiger partial charge in [0, 0.05) is 6.54 Å². The van der Waals surface area contributed by atoms with Crippen molar-refractivity contribution < 1.29 is 28.7 Å². The van der Waals surface area contributed by atoms with Crippen LogP contribution in [0, 0.1) is 35.0 Å². The zero-order valence-corrected chi connectivity index (χ0v) is 25.3. The van der Waals surface area contributed by atoms with Crippen LogP contribution in [0.15, 0.2) is 24.3 Å². The molecule has 10 nitrogen and oxygen atoms in total. The van der Waals surface area contributed by atoms with Crippen LogP contribution in [0.3, 0.4) is 0 Å². The predicted octanol–water partition coefficient (Wildman–Crippen LogP) is 2.51. The SMILES string of the molecule is CC1CCCC1OC(=O)N[C@H](C(=O)N1CC2[C@@H]([C@H]1C(=O)NC(CC1CC1)C(=O)C(N)=O)C2(C)C)C1Cc2ccccc2C1. The van der Waals surface area contributed by atoms with Gasteiger partial charge in [-0.15, -0.1) is 0 Å². The number of ether oxygens (including phenoxy) is 1. The molecular formula is C33H44N4O6. The largest absolute Gasteiger partial charge is 0.446 e. The number of nitrogens with zero attached hydrogens (tertiary/aromatic N) is 1. The molecule has 1 aromatic rings. The minimum atomic E-state index is -1.07. The molecule has 4 unspecified atom stereocenters. The third-order valence-electron chi connectivity index (χ3n) is 11.0. The molecule has 4 amide bonds. The van der Waals surface area contributed by atoms with Crippen molar-refractivity contribution in [1.82, 2.24) is 15.5 Å². The van der Waals surface area contributed by atoms with Crippen LogP contribution in [0.4, 0.5) is 4.79 Å². The van der Waals surface area contributed by atoms with E-state index in [2.05, 4.69) is 43.5 Å². The van der Waals surface area contributed by atoms with Crippen molar-refractivity contribution in [3.63, 3.8) is 0 Å². The minimum absolute atomic E-state index is 0.0885. The van der Waals surface area contributed by atoms with Crippen LogP contribution in [-0.2, 0) is 36.8 Å². The van der Waals surface area contributed by atoms with E-state index in [1.807, 2.05) is 12.1 Å². The van der Waals surface area contributed by atoms with Gasteiger partial charge in [-0.2, -0.15) is 0 Å². The number of carbonyl (C=O) groups is 5. The molecule has 0 spiro atoms. The molecule has 0 aromatic heterocycles. The van der Waals surface area contributed by atoms with E-state index in [1.54, 1.807) is 4.90 Å². The molecule has 5 aliphatic rings. The molecule has 0 bridgehead atoms. The Labute approximate surface area is 252 Å². The number of benzene rings is 1. The summed E-state index contributed by atoms with van der Waals surface area (Å²) in [4.78, 5) is 67.6. The van der Waals surface area contributed by atoms with E-state index in [9.17, 15) is 24.0 Å². The molecule has 232 valence electrons. The summed E-state index contributed by atoms with van der Waals surface area (Å²) in [6.45, 7) is 6.63. The highest BCUT2D eigenvalue weighted by Crippen LogP contribution is 2.65. The Morgan fingerprint density at radius 1 is 1.02 bits per heavy atom. The Hall–Kier alpha value is -3.43. The number of piperidine rings is 1. The highest BCUT2D eigenvalue weighted by atomic mass is 16.6. The lowest BCUT2D eigenvalue weighted by atomic mass is 9.93. The quantitative estimate of drug-likeness (QED) is 0.356.